The molecule has 0 unspecified atom stereocenters. The molecule has 0 spiro atoms. The van der Waals surface area contributed by atoms with E-state index >= 15 is 0 Å². The summed E-state index contributed by atoms with van der Waals surface area (Å²) in [6, 6.07) is 9.15. The number of benzene rings is 1. The van der Waals surface area contributed by atoms with Crippen molar-refractivity contribution < 1.29 is 18.4 Å². The van der Waals surface area contributed by atoms with Crippen LogP contribution >= 0.6 is 0 Å². The molecule has 0 radical (unpaired) electrons. The Morgan fingerprint density at radius 2 is 1.76 bits per heavy atom. The molecule has 0 saturated carbocycles. The van der Waals surface area contributed by atoms with Gasteiger partial charge in [-0.05, 0) is 5.56 Å². The molecule has 2 amide bonds. The molecule has 1 aromatic carbocycles. The summed E-state index contributed by atoms with van der Waals surface area (Å²) in [4.78, 5) is 22.9. The topological polar surface area (TPSA) is 84.2 Å². The number of hydrogen-bond donors (Lipinski definition) is 3. The zero-order chi connectivity index (χ0) is 15.7. The largest absolute Gasteiger partial charge is 0.355 e. The van der Waals surface area contributed by atoms with Crippen LogP contribution in [0.4, 0.5) is 8.78 Å². The third-order valence-electron chi connectivity index (χ3n) is 2.72. The fourth-order valence-electron chi connectivity index (χ4n) is 1.55. The molecule has 4 N–H and O–H groups in total. The van der Waals surface area contributed by atoms with E-state index in [9.17, 15) is 18.4 Å². The van der Waals surface area contributed by atoms with Crippen molar-refractivity contribution in [3.8, 4) is 0 Å². The first kappa shape index (κ1) is 17.0. The average molecular weight is 299 g/mol. The van der Waals surface area contributed by atoms with E-state index < -0.39 is 24.9 Å². The van der Waals surface area contributed by atoms with E-state index in [0.717, 1.165) is 5.56 Å². The lowest BCUT2D eigenvalue weighted by Crippen LogP contribution is -2.42. The summed E-state index contributed by atoms with van der Waals surface area (Å²) in [5.41, 5.74) is 5.71. The highest BCUT2D eigenvalue weighted by atomic mass is 19.3. The molecule has 116 valence electrons. The molecule has 1 rings (SSSR count). The third kappa shape index (κ3) is 7.36. The van der Waals surface area contributed by atoms with Crippen molar-refractivity contribution in [2.75, 3.05) is 19.6 Å². The highest BCUT2D eigenvalue weighted by Gasteiger charge is 2.26. The number of halogens is 2. The average Bonchev–Trinajstić information content (AvgIpc) is 2.46. The van der Waals surface area contributed by atoms with Gasteiger partial charge in [0.1, 0.15) is 0 Å². The number of nitrogens with two attached hydrogens (primary N) is 1. The fraction of sp³-hybridized carbons (Fsp3) is 0.429. The third-order valence-corrected chi connectivity index (χ3v) is 2.72. The number of nitrogens with one attached hydrogen (secondary N) is 2. The minimum atomic E-state index is -3.10. The summed E-state index contributed by atoms with van der Waals surface area (Å²) in [5, 5.41) is 4.64. The van der Waals surface area contributed by atoms with E-state index in [4.69, 9.17) is 5.73 Å². The van der Waals surface area contributed by atoms with Crippen LogP contribution in [-0.4, -0.2) is 37.4 Å². The number of carbonyl (C=O) groups excluding carboxylic acids is 2. The van der Waals surface area contributed by atoms with Gasteiger partial charge in [-0.25, -0.2) is 8.78 Å². The molecule has 0 heterocycles. The van der Waals surface area contributed by atoms with E-state index in [1.165, 1.54) is 0 Å². The van der Waals surface area contributed by atoms with E-state index in [1.54, 1.807) is 0 Å². The van der Waals surface area contributed by atoms with Gasteiger partial charge in [-0.3, -0.25) is 9.59 Å². The second-order valence-electron chi connectivity index (χ2n) is 4.60. The lowest BCUT2D eigenvalue weighted by atomic mass is 10.1. The highest BCUT2D eigenvalue weighted by Crippen LogP contribution is 2.08. The van der Waals surface area contributed by atoms with Gasteiger partial charge < -0.3 is 16.4 Å². The fourth-order valence-corrected chi connectivity index (χ4v) is 1.55. The Kier molecular flexibility index (Phi) is 6.74. The molecule has 1 aromatic rings. The van der Waals surface area contributed by atoms with Gasteiger partial charge in [0.15, 0.2) is 0 Å². The Morgan fingerprint density at radius 1 is 1.10 bits per heavy atom. The highest BCUT2D eigenvalue weighted by molar-refractivity contribution is 5.80. The van der Waals surface area contributed by atoms with Crippen LogP contribution in [-0.2, 0) is 16.0 Å². The lowest BCUT2D eigenvalue weighted by molar-refractivity contribution is -0.123. The first-order valence-corrected chi connectivity index (χ1v) is 6.58. The van der Waals surface area contributed by atoms with Crippen molar-refractivity contribution in [1.82, 2.24) is 10.6 Å². The molecule has 0 bridgehead atoms. The molecular weight excluding hydrogens is 280 g/mol. The minimum Gasteiger partial charge on any atom is -0.355 e. The summed E-state index contributed by atoms with van der Waals surface area (Å²) >= 11 is 0. The number of carbonyl (C=O) groups is 2. The number of amides is 2. The smallest absolute Gasteiger partial charge is 0.277 e. The van der Waals surface area contributed by atoms with Gasteiger partial charge in [-0.15, -0.1) is 0 Å². The zero-order valence-corrected chi connectivity index (χ0v) is 11.6. The first-order chi connectivity index (χ1) is 9.93. The van der Waals surface area contributed by atoms with Crippen molar-refractivity contribution in [2.45, 2.75) is 18.8 Å². The molecule has 7 heteroatoms. The lowest BCUT2D eigenvalue weighted by Gasteiger charge is -2.14. The quantitative estimate of drug-likeness (QED) is 0.651. The molecule has 0 fully saturated rings. The van der Waals surface area contributed by atoms with Gasteiger partial charge >= 0.3 is 0 Å². The molecule has 0 aliphatic rings. The monoisotopic (exact) mass is 299 g/mol. The Balaban J connectivity index is 2.18. The van der Waals surface area contributed by atoms with E-state index in [2.05, 4.69) is 10.6 Å². The van der Waals surface area contributed by atoms with Crippen molar-refractivity contribution in [2.24, 2.45) is 5.73 Å². The maximum absolute atomic E-state index is 12.8. The molecular formula is C14H19F2N3O2. The molecule has 0 aliphatic heterocycles. The van der Waals surface area contributed by atoms with E-state index in [0.29, 0.717) is 0 Å². The van der Waals surface area contributed by atoms with Gasteiger partial charge in [0.25, 0.3) is 5.92 Å². The summed E-state index contributed by atoms with van der Waals surface area (Å²) in [7, 11) is 0. The maximum atomic E-state index is 12.8. The SMILES string of the molecule is NCC(F)(F)CNC(=O)CCNC(=O)Cc1ccccc1. The maximum Gasteiger partial charge on any atom is 0.277 e. The molecule has 0 aliphatic carbocycles. The second kappa shape index (κ2) is 8.31. The van der Waals surface area contributed by atoms with Crippen LogP contribution in [0.5, 0.6) is 0 Å². The molecule has 0 saturated heterocycles. The predicted molar refractivity (Wildman–Crippen MR) is 74.8 cm³/mol. The normalized spacial score (nSPS) is 11.0. The summed E-state index contributed by atoms with van der Waals surface area (Å²) in [6.07, 6.45) is 0.162. The van der Waals surface area contributed by atoms with E-state index in [-0.39, 0.29) is 25.3 Å². The van der Waals surface area contributed by atoms with Gasteiger partial charge in [0.2, 0.25) is 11.8 Å². The number of hydrogen-bond acceptors (Lipinski definition) is 3. The molecule has 21 heavy (non-hydrogen) atoms. The van der Waals surface area contributed by atoms with Crippen molar-refractivity contribution in [1.29, 1.82) is 0 Å². The summed E-state index contributed by atoms with van der Waals surface area (Å²) in [6.45, 7) is -1.51. The Hall–Kier alpha value is -2.02. The van der Waals surface area contributed by atoms with Gasteiger partial charge in [0.05, 0.1) is 19.5 Å². The van der Waals surface area contributed by atoms with Crippen LogP contribution in [0, 0.1) is 0 Å². The molecule has 5 nitrogen and oxygen atoms in total. The zero-order valence-electron chi connectivity index (χ0n) is 11.6. The van der Waals surface area contributed by atoms with Crippen LogP contribution in [0.15, 0.2) is 30.3 Å². The summed E-state index contributed by atoms with van der Waals surface area (Å²) in [5.74, 6) is -3.88. The Bertz CT molecular complexity index is 467. The standard InChI is InChI=1S/C14H19F2N3O2/c15-14(16,9-17)10-19-12(20)6-7-18-13(21)8-11-4-2-1-3-5-11/h1-5H,6-10,17H2,(H,18,21)(H,19,20). The Labute approximate surface area is 121 Å². The van der Waals surface area contributed by atoms with Crippen LogP contribution in [0.2, 0.25) is 0 Å². The Morgan fingerprint density at radius 3 is 2.38 bits per heavy atom. The summed E-state index contributed by atoms with van der Waals surface area (Å²) < 4.78 is 25.6. The molecule has 0 aromatic heterocycles. The van der Waals surface area contributed by atoms with Crippen molar-refractivity contribution in [3.05, 3.63) is 35.9 Å². The van der Waals surface area contributed by atoms with Crippen LogP contribution < -0.4 is 16.4 Å². The van der Waals surface area contributed by atoms with Gasteiger partial charge in [-0.2, -0.15) is 0 Å². The van der Waals surface area contributed by atoms with Crippen LogP contribution in [0.3, 0.4) is 0 Å². The van der Waals surface area contributed by atoms with Crippen LogP contribution in [0.1, 0.15) is 12.0 Å². The number of rotatable bonds is 8. The van der Waals surface area contributed by atoms with Crippen molar-refractivity contribution in [3.63, 3.8) is 0 Å². The van der Waals surface area contributed by atoms with Crippen LogP contribution in [0.25, 0.3) is 0 Å². The van der Waals surface area contributed by atoms with Gasteiger partial charge in [-0.1, -0.05) is 30.3 Å². The second-order valence-corrected chi connectivity index (χ2v) is 4.60. The minimum absolute atomic E-state index is 0.0544. The van der Waals surface area contributed by atoms with Gasteiger partial charge in [0, 0.05) is 13.0 Å². The predicted octanol–water partition coefficient (Wildman–Crippen LogP) is 0.446. The number of alkyl halides is 2. The van der Waals surface area contributed by atoms with Crippen molar-refractivity contribution >= 4 is 11.8 Å². The molecule has 0 atom stereocenters. The first-order valence-electron chi connectivity index (χ1n) is 6.58. The van der Waals surface area contributed by atoms with E-state index in [1.807, 2.05) is 30.3 Å².